The summed E-state index contributed by atoms with van der Waals surface area (Å²) in [5.74, 6) is 0.773. The first-order valence-electron chi connectivity index (χ1n) is 11.1. The molecular weight excluding hydrogens is 459 g/mol. The second-order valence-electron chi connectivity index (χ2n) is 8.12. The number of phenolic OH excluding ortho intramolecular Hbond substituents is 1. The maximum Gasteiger partial charge on any atom is 0.390 e. The molecule has 2 N–H and O–H groups in total. The zero-order chi connectivity index (χ0) is 25.2. The number of Topliss-reactive ketones (excluding diaryl/α,β-unsaturated/α-hetero) is 1. The van der Waals surface area contributed by atoms with Gasteiger partial charge in [0.1, 0.15) is 17.2 Å². The average Bonchev–Trinajstić information content (AvgIpc) is 3.22. The van der Waals surface area contributed by atoms with E-state index in [2.05, 4.69) is 10.3 Å². The number of carbonyl (C=O) groups excluding carboxylic acids is 1. The Morgan fingerprint density at radius 1 is 1.14 bits per heavy atom. The number of rotatable bonds is 8. The number of aryl methyl sites for hydroxylation is 1. The van der Waals surface area contributed by atoms with Gasteiger partial charge >= 0.3 is 6.18 Å². The van der Waals surface area contributed by atoms with E-state index in [1.165, 1.54) is 12.1 Å². The highest BCUT2D eigenvalue weighted by atomic mass is 19.4. The molecule has 6 nitrogen and oxygen atoms in total. The molecule has 0 bridgehead atoms. The van der Waals surface area contributed by atoms with E-state index in [1.807, 2.05) is 26.0 Å². The standard InChI is InChI=1S/C26H24F3N3O3/c1-3-24(34)21-8-7-17(11-16(21)2)23-14-31-25-22(30-10-9-26(27,28)29)13-20(15-32(23)25)35-19-6-4-5-18(33)12-19/h4-8,11-15,30,33H,3,9-10H2,1-2H3. The number of ether oxygens (including phenoxy) is 1. The number of aromatic hydroxyl groups is 1. The predicted octanol–water partition coefficient (Wildman–Crippen LogP) is 6.76. The van der Waals surface area contributed by atoms with Gasteiger partial charge in [0.25, 0.3) is 0 Å². The van der Waals surface area contributed by atoms with Gasteiger partial charge in [0.2, 0.25) is 0 Å². The van der Waals surface area contributed by atoms with E-state index in [-0.39, 0.29) is 18.1 Å². The Hall–Kier alpha value is -4.01. The molecule has 0 saturated heterocycles. The van der Waals surface area contributed by atoms with Crippen LogP contribution in [0.5, 0.6) is 17.2 Å². The third-order valence-electron chi connectivity index (χ3n) is 5.50. The van der Waals surface area contributed by atoms with Crippen molar-refractivity contribution in [2.24, 2.45) is 0 Å². The van der Waals surface area contributed by atoms with Gasteiger partial charge in [-0.1, -0.05) is 25.1 Å². The molecule has 2 aromatic heterocycles. The van der Waals surface area contributed by atoms with Crippen LogP contribution in [-0.4, -0.2) is 33.0 Å². The Balaban J connectivity index is 1.77. The summed E-state index contributed by atoms with van der Waals surface area (Å²) in [6.45, 7) is 3.33. The summed E-state index contributed by atoms with van der Waals surface area (Å²) >= 11 is 0. The number of nitrogens with one attached hydrogen (secondary N) is 1. The molecule has 0 aliphatic heterocycles. The number of phenols is 1. The molecule has 0 aliphatic carbocycles. The van der Waals surface area contributed by atoms with Crippen molar-refractivity contribution < 1.29 is 27.8 Å². The first kappa shape index (κ1) is 24.1. The van der Waals surface area contributed by atoms with E-state index in [4.69, 9.17) is 4.74 Å². The number of hydrogen-bond donors (Lipinski definition) is 2. The molecule has 0 radical (unpaired) electrons. The minimum Gasteiger partial charge on any atom is -0.508 e. The third kappa shape index (κ3) is 5.56. The number of aromatic nitrogens is 2. The molecule has 2 aromatic carbocycles. The molecule has 9 heteroatoms. The topological polar surface area (TPSA) is 75.9 Å². The number of alkyl halides is 3. The second-order valence-corrected chi connectivity index (χ2v) is 8.12. The van der Waals surface area contributed by atoms with Crippen LogP contribution in [-0.2, 0) is 0 Å². The third-order valence-corrected chi connectivity index (χ3v) is 5.50. The molecule has 0 fully saturated rings. The van der Waals surface area contributed by atoms with Gasteiger partial charge in [-0.2, -0.15) is 13.2 Å². The number of benzene rings is 2. The molecule has 0 saturated carbocycles. The number of carbonyl (C=O) groups is 1. The normalized spacial score (nSPS) is 11.6. The van der Waals surface area contributed by atoms with Gasteiger partial charge in [-0.3, -0.25) is 9.20 Å². The molecule has 0 atom stereocenters. The first-order valence-corrected chi connectivity index (χ1v) is 11.1. The van der Waals surface area contributed by atoms with Crippen LogP contribution >= 0.6 is 0 Å². The van der Waals surface area contributed by atoms with E-state index >= 15 is 0 Å². The number of nitrogens with zero attached hydrogens (tertiary/aromatic N) is 2. The number of fused-ring (bicyclic) bond motifs is 1. The van der Waals surface area contributed by atoms with Crippen molar-refractivity contribution in [3.8, 4) is 28.5 Å². The summed E-state index contributed by atoms with van der Waals surface area (Å²) in [6, 6.07) is 13.3. The van der Waals surface area contributed by atoms with Gasteiger partial charge in [-0.25, -0.2) is 4.98 Å². The van der Waals surface area contributed by atoms with Crippen LogP contribution in [0.4, 0.5) is 18.9 Å². The lowest BCUT2D eigenvalue weighted by molar-refractivity contribution is -0.131. The predicted molar refractivity (Wildman–Crippen MR) is 127 cm³/mol. The van der Waals surface area contributed by atoms with E-state index in [9.17, 15) is 23.1 Å². The van der Waals surface area contributed by atoms with E-state index < -0.39 is 12.6 Å². The molecule has 0 aliphatic rings. The van der Waals surface area contributed by atoms with Crippen LogP contribution in [0, 0.1) is 6.92 Å². The summed E-state index contributed by atoms with van der Waals surface area (Å²) in [5.41, 5.74) is 3.73. The summed E-state index contributed by atoms with van der Waals surface area (Å²) in [6.07, 6.45) is -1.60. The van der Waals surface area contributed by atoms with Crippen molar-refractivity contribution in [2.75, 3.05) is 11.9 Å². The minimum absolute atomic E-state index is 0.0209. The summed E-state index contributed by atoms with van der Waals surface area (Å²) < 4.78 is 45.8. The average molecular weight is 483 g/mol. The van der Waals surface area contributed by atoms with Crippen LogP contribution in [0.1, 0.15) is 35.7 Å². The minimum atomic E-state index is -4.30. The van der Waals surface area contributed by atoms with Crippen molar-refractivity contribution in [1.29, 1.82) is 0 Å². The lowest BCUT2D eigenvalue weighted by Gasteiger charge is -2.14. The summed E-state index contributed by atoms with van der Waals surface area (Å²) in [5, 5.41) is 12.5. The lowest BCUT2D eigenvalue weighted by atomic mass is 9.99. The van der Waals surface area contributed by atoms with Crippen molar-refractivity contribution in [3.63, 3.8) is 0 Å². The zero-order valence-corrected chi connectivity index (χ0v) is 19.2. The number of imidazole rings is 1. The molecule has 4 aromatic rings. The molecule has 4 rings (SSSR count). The lowest BCUT2D eigenvalue weighted by Crippen LogP contribution is -2.15. The Morgan fingerprint density at radius 2 is 1.94 bits per heavy atom. The maximum absolute atomic E-state index is 12.7. The number of ketones is 1. The van der Waals surface area contributed by atoms with E-state index in [0.29, 0.717) is 40.5 Å². The zero-order valence-electron chi connectivity index (χ0n) is 19.2. The number of pyridine rings is 1. The quantitative estimate of drug-likeness (QED) is 0.271. The SMILES string of the molecule is CCC(=O)c1ccc(-c2cnc3c(NCCC(F)(F)F)cc(Oc4cccc(O)c4)cn23)cc1C. The van der Waals surface area contributed by atoms with Crippen LogP contribution in [0.25, 0.3) is 16.9 Å². The van der Waals surface area contributed by atoms with Gasteiger partial charge in [-0.05, 0) is 30.7 Å². The molecule has 0 unspecified atom stereocenters. The Labute approximate surface area is 200 Å². The van der Waals surface area contributed by atoms with E-state index in [1.54, 1.807) is 41.1 Å². The van der Waals surface area contributed by atoms with Gasteiger partial charge in [0.15, 0.2) is 11.4 Å². The fraction of sp³-hybridized carbons (Fsp3) is 0.231. The van der Waals surface area contributed by atoms with Crippen molar-refractivity contribution in [2.45, 2.75) is 32.9 Å². The van der Waals surface area contributed by atoms with Crippen LogP contribution < -0.4 is 10.1 Å². The molecule has 35 heavy (non-hydrogen) atoms. The molecule has 182 valence electrons. The summed E-state index contributed by atoms with van der Waals surface area (Å²) in [4.78, 5) is 16.6. The molecule has 0 spiro atoms. The highest BCUT2D eigenvalue weighted by Gasteiger charge is 2.26. The fourth-order valence-electron chi connectivity index (χ4n) is 3.81. The number of hydrogen-bond acceptors (Lipinski definition) is 5. The van der Waals surface area contributed by atoms with Crippen molar-refractivity contribution >= 4 is 17.1 Å². The van der Waals surface area contributed by atoms with Gasteiger partial charge in [0.05, 0.1) is 30.2 Å². The van der Waals surface area contributed by atoms with Crippen LogP contribution in [0.15, 0.2) is 60.9 Å². The molecule has 0 amide bonds. The highest BCUT2D eigenvalue weighted by Crippen LogP contribution is 2.33. The van der Waals surface area contributed by atoms with E-state index in [0.717, 1.165) is 11.1 Å². The van der Waals surface area contributed by atoms with Crippen LogP contribution in [0.2, 0.25) is 0 Å². The van der Waals surface area contributed by atoms with Crippen LogP contribution in [0.3, 0.4) is 0 Å². The van der Waals surface area contributed by atoms with Gasteiger partial charge < -0.3 is 15.2 Å². The Kier molecular flexibility index (Phi) is 6.68. The van der Waals surface area contributed by atoms with Gasteiger partial charge in [-0.15, -0.1) is 0 Å². The Morgan fingerprint density at radius 3 is 2.63 bits per heavy atom. The smallest absolute Gasteiger partial charge is 0.390 e. The number of anilines is 1. The monoisotopic (exact) mass is 483 g/mol. The molecular formula is C26H24F3N3O3. The largest absolute Gasteiger partial charge is 0.508 e. The fourth-order valence-corrected chi connectivity index (χ4v) is 3.81. The summed E-state index contributed by atoms with van der Waals surface area (Å²) in [7, 11) is 0. The van der Waals surface area contributed by atoms with Gasteiger partial charge in [0, 0.05) is 36.2 Å². The van der Waals surface area contributed by atoms with Crippen molar-refractivity contribution in [3.05, 3.63) is 72.1 Å². The van der Waals surface area contributed by atoms with Crippen molar-refractivity contribution in [1.82, 2.24) is 9.38 Å². The second kappa shape index (κ2) is 9.69. The molecule has 2 heterocycles. The Bertz CT molecular complexity index is 1380. The maximum atomic E-state index is 12.7. The highest BCUT2D eigenvalue weighted by molar-refractivity contribution is 5.97. The number of halogens is 3. The first-order chi connectivity index (χ1) is 16.6.